The van der Waals surface area contributed by atoms with Gasteiger partial charge >= 0.3 is 0 Å². The van der Waals surface area contributed by atoms with E-state index in [1.54, 1.807) is 29.9 Å². The topological polar surface area (TPSA) is 87.2 Å². The summed E-state index contributed by atoms with van der Waals surface area (Å²) in [5.74, 6) is -0.487. The second-order valence-corrected chi connectivity index (χ2v) is 7.27. The number of nitrogens with two attached hydrogens (primary N) is 1. The third-order valence-corrected chi connectivity index (χ3v) is 5.45. The molecular formula is C20H21N3O3S. The van der Waals surface area contributed by atoms with E-state index in [-0.39, 0.29) is 11.6 Å². The molecule has 7 heteroatoms. The van der Waals surface area contributed by atoms with Crippen molar-refractivity contribution in [1.29, 1.82) is 0 Å². The van der Waals surface area contributed by atoms with Crippen LogP contribution in [0.3, 0.4) is 0 Å². The molecule has 3 rings (SSSR count). The number of ether oxygens (including phenoxy) is 1. The fourth-order valence-corrected chi connectivity index (χ4v) is 4.08. The number of hydrogen-bond donors (Lipinski definition) is 1. The Bertz CT molecular complexity index is 1000. The van der Waals surface area contributed by atoms with Gasteiger partial charge in [0.15, 0.2) is 5.16 Å². The van der Waals surface area contributed by atoms with Gasteiger partial charge in [-0.05, 0) is 24.6 Å². The lowest BCUT2D eigenvalue weighted by atomic mass is 10.1. The molecule has 0 aliphatic rings. The van der Waals surface area contributed by atoms with E-state index in [0.717, 1.165) is 5.56 Å². The molecule has 0 bridgehead atoms. The van der Waals surface area contributed by atoms with E-state index in [4.69, 9.17) is 10.5 Å². The Balaban J connectivity index is 2.15. The molecule has 1 heterocycles. The average Bonchev–Trinajstić information content (AvgIpc) is 2.67. The van der Waals surface area contributed by atoms with Crippen molar-refractivity contribution in [2.75, 3.05) is 13.7 Å². The van der Waals surface area contributed by atoms with Crippen LogP contribution in [0.1, 0.15) is 23.8 Å². The molecule has 0 aliphatic heterocycles. The van der Waals surface area contributed by atoms with Gasteiger partial charge < -0.3 is 10.5 Å². The molecule has 0 radical (unpaired) electrons. The minimum atomic E-state index is -0.653. The number of amides is 1. The molecule has 1 amide bonds. The van der Waals surface area contributed by atoms with E-state index in [9.17, 15) is 9.59 Å². The molecule has 0 saturated heterocycles. The van der Waals surface area contributed by atoms with E-state index in [0.29, 0.717) is 22.7 Å². The van der Waals surface area contributed by atoms with E-state index in [1.807, 2.05) is 43.3 Å². The van der Waals surface area contributed by atoms with Gasteiger partial charge in [-0.3, -0.25) is 14.2 Å². The number of benzene rings is 2. The fourth-order valence-electron chi connectivity index (χ4n) is 2.94. The van der Waals surface area contributed by atoms with Gasteiger partial charge in [-0.1, -0.05) is 54.2 Å². The highest BCUT2D eigenvalue weighted by Gasteiger charge is 2.24. The number of fused-ring (bicyclic) bond motifs is 1. The molecule has 2 aromatic carbocycles. The molecule has 0 saturated carbocycles. The zero-order valence-corrected chi connectivity index (χ0v) is 16.0. The highest BCUT2D eigenvalue weighted by molar-refractivity contribution is 8.00. The molecular weight excluding hydrogens is 362 g/mol. The van der Waals surface area contributed by atoms with Gasteiger partial charge in [-0.15, -0.1) is 0 Å². The van der Waals surface area contributed by atoms with E-state index < -0.39 is 11.2 Å². The van der Waals surface area contributed by atoms with Gasteiger partial charge in [-0.25, -0.2) is 4.98 Å². The Kier molecular flexibility index (Phi) is 5.93. The quantitative estimate of drug-likeness (QED) is 0.501. The minimum absolute atomic E-state index is 0.163. The first-order chi connectivity index (χ1) is 13.0. The summed E-state index contributed by atoms with van der Waals surface area (Å²) < 4.78 is 6.81. The molecule has 3 aromatic rings. The van der Waals surface area contributed by atoms with Gasteiger partial charge in [0.2, 0.25) is 5.91 Å². The van der Waals surface area contributed by atoms with E-state index in [2.05, 4.69) is 4.98 Å². The number of thioether (sulfide) groups is 1. The molecule has 2 atom stereocenters. The number of para-hydroxylation sites is 1. The number of rotatable bonds is 7. The molecule has 0 fully saturated rings. The van der Waals surface area contributed by atoms with Crippen LogP contribution in [-0.2, 0) is 9.53 Å². The minimum Gasteiger partial charge on any atom is -0.383 e. The fraction of sp³-hybridized carbons (Fsp3) is 0.250. The first-order valence-electron chi connectivity index (χ1n) is 8.54. The predicted octanol–water partition coefficient (Wildman–Crippen LogP) is 2.92. The van der Waals surface area contributed by atoms with Crippen molar-refractivity contribution in [3.63, 3.8) is 0 Å². The Labute approximate surface area is 161 Å². The number of hydrogen-bond acceptors (Lipinski definition) is 5. The molecule has 2 unspecified atom stereocenters. The average molecular weight is 383 g/mol. The largest absolute Gasteiger partial charge is 0.383 e. The van der Waals surface area contributed by atoms with Gasteiger partial charge in [0, 0.05) is 7.11 Å². The van der Waals surface area contributed by atoms with Crippen LogP contribution < -0.4 is 11.3 Å². The number of aromatic nitrogens is 2. The lowest BCUT2D eigenvalue weighted by molar-refractivity contribution is -0.117. The summed E-state index contributed by atoms with van der Waals surface area (Å²) in [5, 5.41) is 0.316. The highest BCUT2D eigenvalue weighted by Crippen LogP contribution is 2.35. The molecule has 0 aliphatic carbocycles. The van der Waals surface area contributed by atoms with E-state index >= 15 is 0 Å². The smallest absolute Gasteiger partial charge is 0.262 e. The van der Waals surface area contributed by atoms with Gasteiger partial charge in [0.05, 0.1) is 23.6 Å². The molecule has 2 N–H and O–H groups in total. The first-order valence-corrected chi connectivity index (χ1v) is 9.42. The normalized spacial score (nSPS) is 13.4. The number of methoxy groups -OCH3 is 1. The number of carbonyl (C=O) groups is 1. The van der Waals surface area contributed by atoms with Crippen LogP contribution >= 0.6 is 11.8 Å². The van der Waals surface area contributed by atoms with Crippen LogP contribution in [0, 0.1) is 0 Å². The zero-order chi connectivity index (χ0) is 19.4. The maximum Gasteiger partial charge on any atom is 0.262 e. The van der Waals surface area contributed by atoms with Crippen molar-refractivity contribution in [2.45, 2.75) is 23.4 Å². The predicted molar refractivity (Wildman–Crippen MR) is 107 cm³/mol. The van der Waals surface area contributed by atoms with Crippen molar-refractivity contribution < 1.29 is 9.53 Å². The van der Waals surface area contributed by atoms with Gasteiger partial charge in [-0.2, -0.15) is 0 Å². The van der Waals surface area contributed by atoms with Crippen molar-refractivity contribution in [2.24, 2.45) is 5.73 Å². The Morgan fingerprint density at radius 3 is 2.52 bits per heavy atom. The summed E-state index contributed by atoms with van der Waals surface area (Å²) in [5.41, 5.74) is 6.84. The third-order valence-electron chi connectivity index (χ3n) is 4.21. The van der Waals surface area contributed by atoms with Crippen LogP contribution in [0.2, 0.25) is 0 Å². The van der Waals surface area contributed by atoms with Crippen molar-refractivity contribution in [3.8, 4) is 0 Å². The lowest BCUT2D eigenvalue weighted by Gasteiger charge is -2.21. The van der Waals surface area contributed by atoms with Crippen molar-refractivity contribution in [1.82, 2.24) is 9.55 Å². The molecule has 1 aromatic heterocycles. The van der Waals surface area contributed by atoms with Crippen LogP contribution in [0.15, 0.2) is 64.5 Å². The monoisotopic (exact) mass is 383 g/mol. The Hall–Kier alpha value is -2.64. The van der Waals surface area contributed by atoms with Crippen LogP contribution in [-0.4, -0.2) is 29.2 Å². The summed E-state index contributed by atoms with van der Waals surface area (Å²) in [6.45, 7) is 2.23. The molecule has 27 heavy (non-hydrogen) atoms. The molecule has 6 nitrogen and oxygen atoms in total. The Morgan fingerprint density at radius 2 is 1.85 bits per heavy atom. The summed E-state index contributed by atoms with van der Waals surface area (Å²) in [4.78, 5) is 29.9. The molecule has 0 spiro atoms. The maximum atomic E-state index is 13.1. The SMILES string of the molecule is COCC(C)n1c(SC(C(N)=O)c2ccccc2)nc2ccccc2c1=O. The lowest BCUT2D eigenvalue weighted by Crippen LogP contribution is -2.29. The summed E-state index contributed by atoms with van der Waals surface area (Å²) in [6, 6.07) is 16.2. The highest BCUT2D eigenvalue weighted by atomic mass is 32.2. The van der Waals surface area contributed by atoms with Gasteiger partial charge in [0.25, 0.3) is 5.56 Å². The van der Waals surface area contributed by atoms with Crippen LogP contribution in [0.25, 0.3) is 10.9 Å². The zero-order valence-electron chi connectivity index (χ0n) is 15.2. The number of carbonyl (C=O) groups excluding carboxylic acids is 1. The van der Waals surface area contributed by atoms with Crippen LogP contribution in [0.4, 0.5) is 0 Å². The Morgan fingerprint density at radius 1 is 1.19 bits per heavy atom. The van der Waals surface area contributed by atoms with Crippen LogP contribution in [0.5, 0.6) is 0 Å². The van der Waals surface area contributed by atoms with Gasteiger partial charge in [0.1, 0.15) is 5.25 Å². The number of primary amides is 1. The molecule has 140 valence electrons. The first kappa shape index (κ1) is 19.1. The second kappa shape index (κ2) is 8.37. The third kappa shape index (κ3) is 4.04. The summed E-state index contributed by atoms with van der Waals surface area (Å²) in [7, 11) is 1.58. The van der Waals surface area contributed by atoms with E-state index in [1.165, 1.54) is 11.8 Å². The summed E-state index contributed by atoms with van der Waals surface area (Å²) >= 11 is 1.18. The number of nitrogens with zero attached hydrogens (tertiary/aromatic N) is 2. The van der Waals surface area contributed by atoms with Crippen molar-refractivity contribution >= 4 is 28.6 Å². The summed E-state index contributed by atoms with van der Waals surface area (Å²) in [6.07, 6.45) is 0. The maximum absolute atomic E-state index is 13.1. The van der Waals surface area contributed by atoms with Crippen molar-refractivity contribution in [3.05, 3.63) is 70.5 Å². The second-order valence-electron chi connectivity index (χ2n) is 6.20. The standard InChI is InChI=1S/C20H21N3O3S/c1-13(12-26-2)23-19(25)15-10-6-7-11-16(15)22-20(23)27-17(18(21)24)14-8-4-3-5-9-14/h3-11,13,17H,12H2,1-2H3,(H2,21,24).